The van der Waals surface area contributed by atoms with Crippen molar-refractivity contribution in [3.63, 3.8) is 0 Å². The second-order valence-corrected chi connectivity index (χ2v) is 5.42. The van der Waals surface area contributed by atoms with Gasteiger partial charge in [0.25, 0.3) is 0 Å². The van der Waals surface area contributed by atoms with Gasteiger partial charge in [0.1, 0.15) is 11.5 Å². The van der Waals surface area contributed by atoms with Crippen molar-refractivity contribution in [1.29, 1.82) is 0 Å². The Bertz CT molecular complexity index is 665. The predicted molar refractivity (Wildman–Crippen MR) is 102 cm³/mol. The van der Waals surface area contributed by atoms with Crippen LogP contribution >= 0.6 is 12.4 Å². The summed E-state index contributed by atoms with van der Waals surface area (Å²) in [5, 5.41) is 5.91. The van der Waals surface area contributed by atoms with Crippen molar-refractivity contribution in [3.05, 3.63) is 59.7 Å². The molecule has 2 aromatic carbocycles. The van der Waals surface area contributed by atoms with E-state index < -0.39 is 0 Å². The van der Waals surface area contributed by atoms with Crippen molar-refractivity contribution in [3.8, 4) is 11.5 Å². The number of rotatable bonds is 9. The molecule has 2 rings (SSSR count). The fourth-order valence-electron chi connectivity index (χ4n) is 2.17. The number of ether oxygens (including phenoxy) is 2. The Morgan fingerprint density at radius 1 is 1.04 bits per heavy atom. The standard InChI is InChI=1S/C19H24N2O3.ClH/c1-15-7-3-5-9-17(15)24-18-10-6-4-8-16(18)13-21-19(22)14-20-11-12-23-2;/h3-10,20H,11-14H2,1-2H3,(H,21,22);1H. The van der Waals surface area contributed by atoms with Crippen molar-refractivity contribution in [1.82, 2.24) is 10.6 Å². The molecule has 0 spiro atoms. The van der Waals surface area contributed by atoms with Crippen molar-refractivity contribution in [2.45, 2.75) is 13.5 Å². The van der Waals surface area contributed by atoms with Crippen LogP contribution in [0.3, 0.4) is 0 Å². The summed E-state index contributed by atoms with van der Waals surface area (Å²) in [5.41, 5.74) is 2.00. The SMILES string of the molecule is COCCNCC(=O)NCc1ccccc1Oc1ccccc1C.Cl. The first-order valence-corrected chi connectivity index (χ1v) is 7.98. The number of carbonyl (C=O) groups excluding carboxylic acids is 1. The van der Waals surface area contributed by atoms with Crippen molar-refractivity contribution >= 4 is 18.3 Å². The number of aryl methyl sites for hydroxylation is 1. The van der Waals surface area contributed by atoms with Crippen LogP contribution in [0.15, 0.2) is 48.5 Å². The molecule has 1 amide bonds. The molecule has 0 heterocycles. The van der Waals surface area contributed by atoms with Crippen LogP contribution in [0.25, 0.3) is 0 Å². The van der Waals surface area contributed by atoms with Gasteiger partial charge in [-0.1, -0.05) is 36.4 Å². The maximum atomic E-state index is 11.8. The molecule has 0 aliphatic rings. The van der Waals surface area contributed by atoms with Gasteiger partial charge in [-0.05, 0) is 24.6 Å². The zero-order valence-corrected chi connectivity index (χ0v) is 15.4. The van der Waals surface area contributed by atoms with Gasteiger partial charge in [-0.2, -0.15) is 0 Å². The summed E-state index contributed by atoms with van der Waals surface area (Å²) in [6, 6.07) is 15.6. The first kappa shape index (κ1) is 21.0. The lowest BCUT2D eigenvalue weighted by molar-refractivity contribution is -0.120. The summed E-state index contributed by atoms with van der Waals surface area (Å²) in [5.74, 6) is 1.51. The minimum Gasteiger partial charge on any atom is -0.457 e. The average molecular weight is 365 g/mol. The van der Waals surface area contributed by atoms with Crippen LogP contribution in [-0.4, -0.2) is 32.7 Å². The Morgan fingerprint density at radius 3 is 2.44 bits per heavy atom. The molecule has 5 nitrogen and oxygen atoms in total. The number of para-hydroxylation sites is 2. The number of hydrogen-bond acceptors (Lipinski definition) is 4. The number of benzene rings is 2. The van der Waals surface area contributed by atoms with Gasteiger partial charge in [-0.3, -0.25) is 4.79 Å². The lowest BCUT2D eigenvalue weighted by Crippen LogP contribution is -2.34. The third-order valence-electron chi connectivity index (χ3n) is 3.53. The van der Waals surface area contributed by atoms with Crippen molar-refractivity contribution in [2.75, 3.05) is 26.8 Å². The Labute approximate surface area is 155 Å². The number of methoxy groups -OCH3 is 1. The molecule has 2 N–H and O–H groups in total. The molecule has 0 radical (unpaired) electrons. The van der Waals surface area contributed by atoms with Gasteiger partial charge >= 0.3 is 0 Å². The van der Waals surface area contributed by atoms with E-state index in [0.717, 1.165) is 22.6 Å². The molecule has 25 heavy (non-hydrogen) atoms. The lowest BCUT2D eigenvalue weighted by atomic mass is 10.2. The molecule has 0 aliphatic heterocycles. The summed E-state index contributed by atoms with van der Waals surface area (Å²) < 4.78 is 10.9. The Kier molecular flexibility index (Phi) is 9.62. The second-order valence-electron chi connectivity index (χ2n) is 5.42. The molecule has 0 fully saturated rings. The highest BCUT2D eigenvalue weighted by Gasteiger charge is 2.07. The van der Waals surface area contributed by atoms with Crippen LogP contribution in [-0.2, 0) is 16.1 Å². The number of carbonyl (C=O) groups is 1. The molecule has 0 bridgehead atoms. The minimum absolute atomic E-state index is 0. The molecule has 0 saturated heterocycles. The number of nitrogens with one attached hydrogen (secondary N) is 2. The van der Waals surface area contributed by atoms with Gasteiger partial charge in [0.05, 0.1) is 13.2 Å². The van der Waals surface area contributed by atoms with E-state index in [9.17, 15) is 4.79 Å². The molecule has 0 atom stereocenters. The molecular weight excluding hydrogens is 340 g/mol. The van der Waals surface area contributed by atoms with Gasteiger partial charge < -0.3 is 20.1 Å². The van der Waals surface area contributed by atoms with E-state index in [1.54, 1.807) is 7.11 Å². The summed E-state index contributed by atoms with van der Waals surface area (Å²) in [6.45, 7) is 3.93. The monoisotopic (exact) mass is 364 g/mol. The smallest absolute Gasteiger partial charge is 0.234 e. The zero-order valence-electron chi connectivity index (χ0n) is 14.6. The lowest BCUT2D eigenvalue weighted by Gasteiger charge is -2.13. The molecule has 0 saturated carbocycles. The third-order valence-corrected chi connectivity index (χ3v) is 3.53. The largest absolute Gasteiger partial charge is 0.457 e. The maximum Gasteiger partial charge on any atom is 0.234 e. The Morgan fingerprint density at radius 2 is 1.72 bits per heavy atom. The third kappa shape index (κ3) is 7.13. The first-order chi connectivity index (χ1) is 11.7. The van der Waals surface area contributed by atoms with Crippen LogP contribution < -0.4 is 15.4 Å². The molecule has 0 unspecified atom stereocenters. The van der Waals surface area contributed by atoms with Gasteiger partial charge in [0, 0.05) is 25.8 Å². The van der Waals surface area contributed by atoms with Gasteiger partial charge in [0.15, 0.2) is 0 Å². The van der Waals surface area contributed by atoms with E-state index in [0.29, 0.717) is 19.7 Å². The second kappa shape index (κ2) is 11.5. The molecule has 2 aromatic rings. The van der Waals surface area contributed by atoms with Gasteiger partial charge in [-0.25, -0.2) is 0 Å². The normalized spacial score (nSPS) is 10.0. The number of hydrogen-bond donors (Lipinski definition) is 2. The predicted octanol–water partition coefficient (Wildman–Crippen LogP) is 3.06. The summed E-state index contributed by atoms with van der Waals surface area (Å²) in [6.07, 6.45) is 0. The Hall–Kier alpha value is -2.08. The van der Waals surface area contributed by atoms with Crippen molar-refractivity contribution < 1.29 is 14.3 Å². The van der Waals surface area contributed by atoms with Crippen LogP contribution in [0.5, 0.6) is 11.5 Å². The van der Waals surface area contributed by atoms with Crippen LogP contribution in [0.2, 0.25) is 0 Å². The quantitative estimate of drug-likeness (QED) is 0.671. The van der Waals surface area contributed by atoms with E-state index in [1.165, 1.54) is 0 Å². The summed E-state index contributed by atoms with van der Waals surface area (Å²) >= 11 is 0. The number of halogens is 1. The molecular formula is C19H25ClN2O3. The van der Waals surface area contributed by atoms with Crippen molar-refractivity contribution in [2.24, 2.45) is 0 Å². The Balaban J connectivity index is 0.00000312. The highest BCUT2D eigenvalue weighted by molar-refractivity contribution is 5.85. The molecule has 136 valence electrons. The minimum atomic E-state index is -0.0585. The molecule has 0 aliphatic carbocycles. The number of amides is 1. The van der Waals surface area contributed by atoms with E-state index in [4.69, 9.17) is 9.47 Å². The van der Waals surface area contributed by atoms with Gasteiger partial charge in [-0.15, -0.1) is 12.4 Å². The summed E-state index contributed by atoms with van der Waals surface area (Å²) in [7, 11) is 1.63. The van der Waals surface area contributed by atoms with Crippen LogP contribution in [0.4, 0.5) is 0 Å². The summed E-state index contributed by atoms with van der Waals surface area (Å²) in [4.78, 5) is 11.8. The topological polar surface area (TPSA) is 59.6 Å². The molecule has 6 heteroatoms. The molecule has 0 aromatic heterocycles. The fraction of sp³-hybridized carbons (Fsp3) is 0.316. The zero-order chi connectivity index (χ0) is 17.2. The van der Waals surface area contributed by atoms with Crippen LogP contribution in [0.1, 0.15) is 11.1 Å². The highest BCUT2D eigenvalue weighted by atomic mass is 35.5. The van der Waals surface area contributed by atoms with Gasteiger partial charge in [0.2, 0.25) is 5.91 Å². The van der Waals surface area contributed by atoms with E-state index >= 15 is 0 Å². The fourth-order valence-corrected chi connectivity index (χ4v) is 2.17. The first-order valence-electron chi connectivity index (χ1n) is 7.98. The van der Waals surface area contributed by atoms with E-state index in [2.05, 4.69) is 10.6 Å². The average Bonchev–Trinajstić information content (AvgIpc) is 2.60. The van der Waals surface area contributed by atoms with E-state index in [-0.39, 0.29) is 24.9 Å². The van der Waals surface area contributed by atoms with E-state index in [1.807, 2.05) is 55.5 Å². The maximum absolute atomic E-state index is 11.8. The van der Waals surface area contributed by atoms with Crippen LogP contribution in [0, 0.1) is 6.92 Å². The highest BCUT2D eigenvalue weighted by Crippen LogP contribution is 2.27.